The van der Waals surface area contributed by atoms with Gasteiger partial charge in [-0.2, -0.15) is 0 Å². The van der Waals surface area contributed by atoms with E-state index in [1.165, 1.54) is 26.1 Å². The molecule has 0 aliphatic rings. The van der Waals surface area contributed by atoms with Crippen molar-refractivity contribution in [2.24, 2.45) is 10.8 Å². The number of aromatic nitrogens is 4. The molecule has 0 saturated heterocycles. The Morgan fingerprint density at radius 2 is 1.26 bits per heavy atom. The summed E-state index contributed by atoms with van der Waals surface area (Å²) >= 11 is 0. The van der Waals surface area contributed by atoms with Gasteiger partial charge in [-0.15, -0.1) is 6.58 Å². The first kappa shape index (κ1) is 32.5. The molecule has 9 nitrogen and oxygen atoms in total. The number of allylic oxidation sites excluding steroid dienone is 1. The molecule has 0 aliphatic carbocycles. The molecule has 2 aromatic rings. The van der Waals surface area contributed by atoms with E-state index in [9.17, 15) is 19.8 Å². The minimum atomic E-state index is -0.251. The van der Waals surface area contributed by atoms with E-state index in [2.05, 4.69) is 27.4 Å². The molecule has 2 rings (SSSR count). The Hall–Kier alpha value is -2.68. The molecule has 0 aromatic carbocycles. The van der Waals surface area contributed by atoms with Crippen LogP contribution in [0.15, 0.2) is 34.6 Å². The van der Waals surface area contributed by atoms with Gasteiger partial charge in [0.2, 0.25) is 11.8 Å². The van der Waals surface area contributed by atoms with Crippen molar-refractivity contribution in [2.75, 3.05) is 13.2 Å². The number of ether oxygens (including phenoxy) is 1. The average molecular weight is 549 g/mol. The molecule has 2 N–H and O–H groups in total. The molecule has 1 atom stereocenters. The summed E-state index contributed by atoms with van der Waals surface area (Å²) in [4.78, 5) is 25.1. The van der Waals surface area contributed by atoms with Crippen molar-refractivity contribution in [3.8, 4) is 11.8 Å². The molecule has 0 fully saturated rings. The highest BCUT2D eigenvalue weighted by Gasteiger charge is 2.29. The SMILES string of the molecule is C=CC(CC)(CCCCOCCCCC(CC)(CC)Cn1c(O)cn(CC)c1=O)Cn1c(O)cn(CC)c1=O. The monoisotopic (exact) mass is 548 g/mol. The van der Waals surface area contributed by atoms with Crippen LogP contribution in [0.5, 0.6) is 11.8 Å². The van der Waals surface area contributed by atoms with E-state index in [0.717, 1.165) is 57.8 Å². The summed E-state index contributed by atoms with van der Waals surface area (Å²) in [6, 6.07) is 0. The largest absolute Gasteiger partial charge is 0.493 e. The molecular formula is C30H52N4O5. The minimum absolute atomic E-state index is 0.00301. The Bertz CT molecular complexity index is 1140. The van der Waals surface area contributed by atoms with Crippen molar-refractivity contribution < 1.29 is 14.9 Å². The molecule has 0 aliphatic heterocycles. The Labute approximate surface area is 233 Å². The predicted molar refractivity (Wildman–Crippen MR) is 157 cm³/mol. The maximum absolute atomic E-state index is 12.6. The molecule has 1 unspecified atom stereocenters. The fourth-order valence-electron chi connectivity index (χ4n) is 5.51. The molecule has 2 heterocycles. The van der Waals surface area contributed by atoms with Gasteiger partial charge in [0.1, 0.15) is 0 Å². The summed E-state index contributed by atoms with van der Waals surface area (Å²) in [6.07, 6.45) is 13.4. The first-order valence-electron chi connectivity index (χ1n) is 14.8. The van der Waals surface area contributed by atoms with Crippen LogP contribution in [0.3, 0.4) is 0 Å². The topological polar surface area (TPSA) is 104 Å². The van der Waals surface area contributed by atoms with Gasteiger partial charge in [0, 0.05) is 44.8 Å². The number of hydrogen-bond donors (Lipinski definition) is 2. The van der Waals surface area contributed by atoms with Gasteiger partial charge in [-0.1, -0.05) is 39.7 Å². The smallest absolute Gasteiger partial charge is 0.331 e. The number of aromatic hydroxyl groups is 2. The number of hydrogen-bond acceptors (Lipinski definition) is 5. The Morgan fingerprint density at radius 3 is 1.67 bits per heavy atom. The quantitative estimate of drug-likeness (QED) is 0.168. The summed E-state index contributed by atoms with van der Waals surface area (Å²) < 4.78 is 12.0. The van der Waals surface area contributed by atoms with Crippen molar-refractivity contribution in [1.29, 1.82) is 0 Å². The van der Waals surface area contributed by atoms with E-state index < -0.39 is 0 Å². The third kappa shape index (κ3) is 8.16. The standard InChI is InChI=1S/C30H52N4O5/c1-7-29(8-2,23-33-25(35)21-31(11-5)27(33)37)17-13-15-19-39-20-16-14-18-30(9-3,10-4)24-34-26(36)22-32(12-6)28(34)38/h7,21-22,35-36H,1,8-20,23-24H2,2-6H3. The molecule has 9 heteroatoms. The molecule has 222 valence electrons. The lowest BCUT2D eigenvalue weighted by atomic mass is 9.77. The lowest BCUT2D eigenvalue weighted by Gasteiger charge is -2.32. The van der Waals surface area contributed by atoms with Crippen LogP contribution in [0, 0.1) is 10.8 Å². The van der Waals surface area contributed by atoms with E-state index in [-0.39, 0.29) is 34.0 Å². The fourth-order valence-corrected chi connectivity index (χ4v) is 5.51. The van der Waals surface area contributed by atoms with Crippen molar-refractivity contribution >= 4 is 0 Å². The van der Waals surface area contributed by atoms with Gasteiger partial charge in [-0.3, -0.25) is 18.3 Å². The van der Waals surface area contributed by atoms with Crippen molar-refractivity contribution in [2.45, 2.75) is 119 Å². The molecule has 0 radical (unpaired) electrons. The maximum Gasteiger partial charge on any atom is 0.331 e. The van der Waals surface area contributed by atoms with E-state index in [4.69, 9.17) is 4.74 Å². The number of unbranched alkanes of at least 4 members (excludes halogenated alkanes) is 2. The van der Waals surface area contributed by atoms with E-state index in [1.807, 2.05) is 19.9 Å². The summed E-state index contributed by atoms with van der Waals surface area (Å²) in [7, 11) is 0. The zero-order chi connectivity index (χ0) is 29.1. The molecule has 0 saturated carbocycles. The molecule has 39 heavy (non-hydrogen) atoms. The number of nitrogens with zero attached hydrogens (tertiary/aromatic N) is 4. The number of aryl methyl sites for hydroxylation is 2. The summed E-state index contributed by atoms with van der Waals surface area (Å²) in [5.74, 6) is 0.0477. The van der Waals surface area contributed by atoms with Gasteiger partial charge in [0.25, 0.3) is 0 Å². The number of imidazole rings is 2. The lowest BCUT2D eigenvalue weighted by Crippen LogP contribution is -2.32. The predicted octanol–water partition coefficient (Wildman–Crippen LogP) is 5.51. The zero-order valence-corrected chi connectivity index (χ0v) is 25.0. The van der Waals surface area contributed by atoms with Gasteiger partial charge >= 0.3 is 11.4 Å². The summed E-state index contributed by atoms with van der Waals surface area (Å²) in [6.45, 7) is 17.7. The van der Waals surface area contributed by atoms with Crippen LogP contribution in [0.2, 0.25) is 0 Å². The van der Waals surface area contributed by atoms with Gasteiger partial charge in [0.15, 0.2) is 0 Å². The van der Waals surface area contributed by atoms with Gasteiger partial charge in [-0.25, -0.2) is 9.59 Å². The van der Waals surface area contributed by atoms with Crippen LogP contribution < -0.4 is 11.4 Å². The van der Waals surface area contributed by atoms with E-state index in [1.54, 1.807) is 4.57 Å². The second-order valence-corrected chi connectivity index (χ2v) is 10.9. The first-order valence-corrected chi connectivity index (χ1v) is 14.8. The van der Waals surface area contributed by atoms with Crippen molar-refractivity contribution in [3.05, 3.63) is 46.0 Å². The molecule has 0 spiro atoms. The highest BCUT2D eigenvalue weighted by atomic mass is 16.5. The first-order chi connectivity index (χ1) is 18.6. The molecule has 2 aromatic heterocycles. The second kappa shape index (κ2) is 15.2. The van der Waals surface area contributed by atoms with Crippen LogP contribution >= 0.6 is 0 Å². The van der Waals surface area contributed by atoms with E-state index >= 15 is 0 Å². The van der Waals surface area contributed by atoms with Gasteiger partial charge in [0.05, 0.1) is 12.4 Å². The summed E-state index contributed by atoms with van der Waals surface area (Å²) in [5.41, 5.74) is -0.601. The fraction of sp³-hybridized carbons (Fsp3) is 0.733. The molecule has 0 bridgehead atoms. The van der Waals surface area contributed by atoms with Crippen molar-refractivity contribution in [3.63, 3.8) is 0 Å². The second-order valence-electron chi connectivity index (χ2n) is 10.9. The highest BCUT2D eigenvalue weighted by molar-refractivity contribution is 5.08. The minimum Gasteiger partial charge on any atom is -0.493 e. The normalized spacial score (nSPS) is 13.6. The van der Waals surface area contributed by atoms with Gasteiger partial charge < -0.3 is 14.9 Å². The Kier molecular flexibility index (Phi) is 12.7. The van der Waals surface area contributed by atoms with E-state index in [0.29, 0.717) is 39.4 Å². The average Bonchev–Trinajstić information content (AvgIpc) is 3.38. The van der Waals surface area contributed by atoms with Crippen LogP contribution in [-0.2, 0) is 30.9 Å². The van der Waals surface area contributed by atoms with Crippen LogP contribution in [0.1, 0.15) is 92.4 Å². The zero-order valence-electron chi connectivity index (χ0n) is 25.0. The Balaban J connectivity index is 1.76. The highest BCUT2D eigenvalue weighted by Crippen LogP contribution is 2.35. The molecule has 0 amide bonds. The third-order valence-electron chi connectivity index (χ3n) is 8.79. The third-order valence-corrected chi connectivity index (χ3v) is 8.79. The van der Waals surface area contributed by atoms with Crippen LogP contribution in [0.25, 0.3) is 0 Å². The van der Waals surface area contributed by atoms with Gasteiger partial charge in [-0.05, 0) is 64.2 Å². The maximum atomic E-state index is 12.6. The lowest BCUT2D eigenvalue weighted by molar-refractivity contribution is 0.114. The molecular weight excluding hydrogens is 496 g/mol. The summed E-state index contributed by atoms with van der Waals surface area (Å²) in [5, 5.41) is 20.6. The Morgan fingerprint density at radius 1 is 0.769 bits per heavy atom. The van der Waals surface area contributed by atoms with Crippen LogP contribution in [0.4, 0.5) is 0 Å². The van der Waals surface area contributed by atoms with Crippen molar-refractivity contribution in [1.82, 2.24) is 18.3 Å². The number of rotatable bonds is 20. The van der Waals surface area contributed by atoms with Crippen LogP contribution in [-0.4, -0.2) is 41.7 Å².